The van der Waals surface area contributed by atoms with E-state index in [9.17, 15) is 9.59 Å². The van der Waals surface area contributed by atoms with E-state index in [0.717, 1.165) is 54.0 Å². The zero-order valence-corrected chi connectivity index (χ0v) is 26.6. The number of nitrogens with two attached hydrogens (primary N) is 1. The molecule has 0 bridgehead atoms. The number of carbonyl (C=O) groups is 2. The molecule has 3 aromatic carbocycles. The molecule has 6 rings (SSSR count). The molecule has 3 N–H and O–H groups in total. The van der Waals surface area contributed by atoms with Gasteiger partial charge in [-0.3, -0.25) is 9.59 Å². The van der Waals surface area contributed by atoms with Gasteiger partial charge in [-0.2, -0.15) is 0 Å². The summed E-state index contributed by atoms with van der Waals surface area (Å²) in [5.41, 5.74) is 11.7. The number of nitrogens with zero attached hydrogens (tertiary/aromatic N) is 4. The van der Waals surface area contributed by atoms with Crippen LogP contribution in [0, 0.1) is 0 Å². The number of ether oxygens (including phenoxy) is 1. The van der Waals surface area contributed by atoms with Crippen LogP contribution in [-0.2, 0) is 6.61 Å². The Balaban J connectivity index is 1.06. The molecule has 0 atom stereocenters. The molecule has 0 radical (unpaired) electrons. The summed E-state index contributed by atoms with van der Waals surface area (Å²) in [6.07, 6.45) is 6.40. The molecule has 2 fully saturated rings. The van der Waals surface area contributed by atoms with Crippen molar-refractivity contribution >= 4 is 29.0 Å². The van der Waals surface area contributed by atoms with Gasteiger partial charge in [0.1, 0.15) is 6.61 Å². The average molecular weight is 619 g/mol. The molecule has 1 aromatic heterocycles. The van der Waals surface area contributed by atoms with Crippen LogP contribution in [0.2, 0.25) is 0 Å². The Hall–Kier alpha value is -4.89. The van der Waals surface area contributed by atoms with E-state index in [2.05, 4.69) is 15.2 Å². The van der Waals surface area contributed by atoms with Crippen molar-refractivity contribution in [2.24, 2.45) is 0 Å². The van der Waals surface area contributed by atoms with E-state index in [-0.39, 0.29) is 24.2 Å². The molecule has 238 valence electrons. The molecule has 2 saturated heterocycles. The first kappa shape index (κ1) is 31.1. The van der Waals surface area contributed by atoms with Crippen molar-refractivity contribution in [1.29, 1.82) is 0 Å². The molecule has 46 heavy (non-hydrogen) atoms. The van der Waals surface area contributed by atoms with Crippen molar-refractivity contribution < 1.29 is 14.3 Å². The Kier molecular flexibility index (Phi) is 9.49. The molecule has 2 aliphatic rings. The molecular formula is C37H42N6O3. The van der Waals surface area contributed by atoms with Gasteiger partial charge in [-0.25, -0.2) is 4.98 Å². The van der Waals surface area contributed by atoms with Gasteiger partial charge in [0.05, 0.1) is 0 Å². The van der Waals surface area contributed by atoms with Gasteiger partial charge >= 0.3 is 0 Å². The summed E-state index contributed by atoms with van der Waals surface area (Å²) >= 11 is 0. The Morgan fingerprint density at radius 1 is 0.891 bits per heavy atom. The second kappa shape index (κ2) is 14.0. The van der Waals surface area contributed by atoms with Crippen LogP contribution in [0.15, 0.2) is 85.1 Å². The van der Waals surface area contributed by atoms with Gasteiger partial charge in [0.15, 0.2) is 11.6 Å². The largest absolute Gasteiger partial charge is 0.485 e. The molecule has 9 nitrogen and oxygen atoms in total. The summed E-state index contributed by atoms with van der Waals surface area (Å²) in [5.74, 6) is 0.623. The van der Waals surface area contributed by atoms with Crippen LogP contribution in [0.4, 0.5) is 17.2 Å². The Morgan fingerprint density at radius 2 is 1.61 bits per heavy atom. The smallest absolute Gasteiger partial charge is 0.255 e. The minimum atomic E-state index is -0.198. The van der Waals surface area contributed by atoms with E-state index < -0.39 is 0 Å². The highest BCUT2D eigenvalue weighted by atomic mass is 16.5. The van der Waals surface area contributed by atoms with Crippen LogP contribution in [0.3, 0.4) is 0 Å². The van der Waals surface area contributed by atoms with Gasteiger partial charge in [-0.1, -0.05) is 24.3 Å². The molecule has 9 heteroatoms. The summed E-state index contributed by atoms with van der Waals surface area (Å²) in [6.45, 7) is 4.24. The lowest BCUT2D eigenvalue weighted by atomic mass is 10.0. The number of nitrogen functional groups attached to an aromatic ring is 1. The predicted molar refractivity (Wildman–Crippen MR) is 183 cm³/mol. The Labute approximate surface area is 271 Å². The van der Waals surface area contributed by atoms with Crippen molar-refractivity contribution in [1.82, 2.24) is 14.8 Å². The predicted octanol–water partition coefficient (Wildman–Crippen LogP) is 5.93. The van der Waals surface area contributed by atoms with E-state index in [0.29, 0.717) is 22.9 Å². The minimum Gasteiger partial charge on any atom is -0.485 e. The number of likely N-dealkylation sites (tertiary alicyclic amines) is 2. The second-order valence-corrected chi connectivity index (χ2v) is 12.3. The van der Waals surface area contributed by atoms with Gasteiger partial charge in [0.2, 0.25) is 0 Å². The summed E-state index contributed by atoms with van der Waals surface area (Å²) < 4.78 is 6.07. The van der Waals surface area contributed by atoms with Crippen molar-refractivity contribution in [3.8, 4) is 16.9 Å². The number of aromatic nitrogens is 1. The number of hydrogen-bond acceptors (Lipinski definition) is 7. The number of piperidine rings is 1. The highest BCUT2D eigenvalue weighted by Gasteiger charge is 2.28. The molecule has 0 unspecified atom stereocenters. The lowest BCUT2D eigenvalue weighted by Crippen LogP contribution is -2.45. The number of benzene rings is 3. The van der Waals surface area contributed by atoms with E-state index in [1.807, 2.05) is 96.7 Å². The van der Waals surface area contributed by atoms with Gasteiger partial charge in [-0.15, -0.1) is 0 Å². The quantitative estimate of drug-likeness (QED) is 0.240. The van der Waals surface area contributed by atoms with Gasteiger partial charge in [-0.05, 0) is 104 Å². The number of nitrogens with one attached hydrogen (secondary N) is 1. The fourth-order valence-corrected chi connectivity index (χ4v) is 6.27. The lowest BCUT2D eigenvalue weighted by molar-refractivity contribution is 0.0644. The molecule has 0 saturated carbocycles. The third kappa shape index (κ3) is 7.32. The van der Waals surface area contributed by atoms with E-state index in [4.69, 9.17) is 10.5 Å². The van der Waals surface area contributed by atoms with Crippen LogP contribution in [-0.4, -0.2) is 72.9 Å². The normalized spacial score (nSPS) is 15.5. The topological polar surface area (TPSA) is 104 Å². The Morgan fingerprint density at radius 3 is 2.30 bits per heavy atom. The minimum absolute atomic E-state index is 0.0871. The third-order valence-corrected chi connectivity index (χ3v) is 8.98. The maximum absolute atomic E-state index is 13.2. The summed E-state index contributed by atoms with van der Waals surface area (Å²) in [5, 5.41) is 2.95. The van der Waals surface area contributed by atoms with E-state index in [1.165, 1.54) is 25.9 Å². The van der Waals surface area contributed by atoms with Crippen LogP contribution in [0.5, 0.6) is 5.75 Å². The third-order valence-electron chi connectivity index (χ3n) is 8.98. The SMILES string of the molecule is CN(C)c1ccc(NC(=O)c2cccc(COc3cc(-c4ccc(C(=O)N5CCC(N6CCCC6)CC5)cc4)cnc3N)c2)cc1. The van der Waals surface area contributed by atoms with Gasteiger partial charge in [0, 0.05) is 67.5 Å². The van der Waals surface area contributed by atoms with Crippen LogP contribution in [0.1, 0.15) is 52.0 Å². The van der Waals surface area contributed by atoms with Crippen LogP contribution in [0.25, 0.3) is 11.1 Å². The second-order valence-electron chi connectivity index (χ2n) is 12.3. The summed E-state index contributed by atoms with van der Waals surface area (Å²) in [7, 11) is 3.95. The zero-order chi connectivity index (χ0) is 32.0. The first-order valence-corrected chi connectivity index (χ1v) is 16.0. The summed E-state index contributed by atoms with van der Waals surface area (Å²) in [6, 6.07) is 25.1. The maximum atomic E-state index is 13.2. The maximum Gasteiger partial charge on any atom is 0.255 e. The fourth-order valence-electron chi connectivity index (χ4n) is 6.27. The molecular weight excluding hydrogens is 576 g/mol. The molecule has 2 amide bonds. The molecule has 4 aromatic rings. The summed E-state index contributed by atoms with van der Waals surface area (Å²) in [4.78, 5) is 37.1. The van der Waals surface area contributed by atoms with Gasteiger partial charge < -0.3 is 30.5 Å². The Bertz CT molecular complexity index is 1660. The number of hydrogen-bond donors (Lipinski definition) is 2. The number of pyridine rings is 1. The molecule has 2 aliphatic heterocycles. The van der Waals surface area contributed by atoms with Crippen LogP contribution >= 0.6 is 0 Å². The van der Waals surface area contributed by atoms with Crippen LogP contribution < -0.4 is 20.7 Å². The van der Waals surface area contributed by atoms with Crippen molar-refractivity contribution in [2.75, 3.05) is 56.2 Å². The average Bonchev–Trinajstić information content (AvgIpc) is 3.64. The highest BCUT2D eigenvalue weighted by molar-refractivity contribution is 6.04. The highest BCUT2D eigenvalue weighted by Crippen LogP contribution is 2.29. The number of rotatable bonds is 9. The van der Waals surface area contributed by atoms with Crippen molar-refractivity contribution in [2.45, 2.75) is 38.3 Å². The molecule has 0 spiro atoms. The van der Waals surface area contributed by atoms with E-state index >= 15 is 0 Å². The van der Waals surface area contributed by atoms with Crippen molar-refractivity contribution in [3.63, 3.8) is 0 Å². The number of carbonyl (C=O) groups excluding carboxylic acids is 2. The lowest BCUT2D eigenvalue weighted by Gasteiger charge is -2.36. The first-order valence-electron chi connectivity index (χ1n) is 16.0. The molecule has 3 heterocycles. The number of anilines is 3. The van der Waals surface area contributed by atoms with Gasteiger partial charge in [0.25, 0.3) is 11.8 Å². The fraction of sp³-hybridized carbons (Fsp3) is 0.324. The standard InChI is InChI=1S/C37H42N6O3/c1-41(2)32-14-12-31(13-15-32)40-36(44)29-7-5-6-26(22-29)25-46-34-23-30(24-39-35(34)38)27-8-10-28(11-9-27)37(45)43-20-16-33(17-21-43)42-18-3-4-19-42/h5-15,22-24,33H,3-4,16-21,25H2,1-2H3,(H2,38,39)(H,40,44). The number of amides is 2. The zero-order valence-electron chi connectivity index (χ0n) is 26.6. The first-order chi connectivity index (χ1) is 22.3. The van der Waals surface area contributed by atoms with E-state index in [1.54, 1.807) is 12.3 Å². The van der Waals surface area contributed by atoms with Crippen molar-refractivity contribution in [3.05, 3.63) is 102 Å². The monoisotopic (exact) mass is 618 g/mol. The molecule has 0 aliphatic carbocycles.